The molecule has 2 N–H and O–H groups in total. The molecule has 0 spiro atoms. The van der Waals surface area contributed by atoms with E-state index in [1.807, 2.05) is 6.92 Å². The fourth-order valence-corrected chi connectivity index (χ4v) is 1.99. The van der Waals surface area contributed by atoms with E-state index in [0.717, 1.165) is 5.57 Å². The first-order valence-corrected chi connectivity index (χ1v) is 6.74. The highest BCUT2D eigenvalue weighted by Crippen LogP contribution is 2.12. The van der Waals surface area contributed by atoms with Gasteiger partial charge < -0.3 is 20.1 Å². The van der Waals surface area contributed by atoms with Crippen molar-refractivity contribution in [3.05, 3.63) is 11.6 Å². The highest BCUT2D eigenvalue weighted by atomic mass is 16.6. The second-order valence-corrected chi connectivity index (χ2v) is 6.15. The fraction of sp³-hybridized carbons (Fsp3) is 0.643. The number of carbonyl (C=O) groups is 3. The molecule has 1 aliphatic rings. The highest BCUT2D eigenvalue weighted by Gasteiger charge is 2.26. The zero-order valence-electron chi connectivity index (χ0n) is 12.8. The van der Waals surface area contributed by atoms with Crippen LogP contribution in [0.15, 0.2) is 11.6 Å². The van der Waals surface area contributed by atoms with E-state index in [9.17, 15) is 14.4 Å². The molecular formula is C14H22N2O5. The summed E-state index contributed by atoms with van der Waals surface area (Å²) in [7, 11) is 0. The smallest absolute Gasteiger partial charge is 0.407 e. The van der Waals surface area contributed by atoms with Gasteiger partial charge in [-0.25, -0.2) is 4.79 Å². The van der Waals surface area contributed by atoms with Crippen LogP contribution in [0.1, 0.15) is 34.1 Å². The molecule has 1 rings (SSSR count). The monoisotopic (exact) mass is 298 g/mol. The Hall–Kier alpha value is -2.05. The van der Waals surface area contributed by atoms with E-state index in [1.165, 1.54) is 11.0 Å². The molecule has 0 aromatic carbocycles. The molecule has 0 aromatic rings. The zero-order valence-corrected chi connectivity index (χ0v) is 12.8. The van der Waals surface area contributed by atoms with Gasteiger partial charge in [-0.2, -0.15) is 0 Å². The Balaban J connectivity index is 2.62. The normalized spacial score (nSPS) is 16.5. The van der Waals surface area contributed by atoms with Gasteiger partial charge in [0.05, 0.1) is 12.5 Å². The van der Waals surface area contributed by atoms with Crippen LogP contribution >= 0.6 is 0 Å². The van der Waals surface area contributed by atoms with E-state index in [0.29, 0.717) is 6.54 Å². The number of ether oxygens (including phenoxy) is 1. The first-order chi connectivity index (χ1) is 9.56. The van der Waals surface area contributed by atoms with Gasteiger partial charge in [-0.3, -0.25) is 9.59 Å². The second-order valence-electron chi connectivity index (χ2n) is 6.15. The first kappa shape index (κ1) is 17.0. The lowest BCUT2D eigenvalue weighted by Gasteiger charge is -2.26. The van der Waals surface area contributed by atoms with Crippen molar-refractivity contribution in [2.24, 2.45) is 0 Å². The Kier molecular flexibility index (Phi) is 5.34. The van der Waals surface area contributed by atoms with E-state index in [2.05, 4.69) is 5.32 Å². The minimum atomic E-state index is -1.05. The van der Waals surface area contributed by atoms with Crippen molar-refractivity contribution in [3.63, 3.8) is 0 Å². The molecule has 1 heterocycles. The molecule has 0 fully saturated rings. The van der Waals surface area contributed by atoms with Gasteiger partial charge in [0, 0.05) is 19.2 Å². The van der Waals surface area contributed by atoms with Gasteiger partial charge >= 0.3 is 12.1 Å². The minimum absolute atomic E-state index is 0.137. The number of nitrogens with one attached hydrogen (secondary N) is 1. The molecule has 2 amide bonds. The van der Waals surface area contributed by atoms with Gasteiger partial charge in [0.25, 0.3) is 0 Å². The molecular weight excluding hydrogens is 276 g/mol. The third-order valence-corrected chi connectivity index (χ3v) is 2.70. The van der Waals surface area contributed by atoms with Crippen LogP contribution in [-0.4, -0.2) is 52.7 Å². The number of alkyl carbamates (subject to hydrolysis) is 1. The van der Waals surface area contributed by atoms with Crippen molar-refractivity contribution in [1.82, 2.24) is 10.2 Å². The average molecular weight is 298 g/mol. The lowest BCUT2D eigenvalue weighted by molar-refractivity contribution is -0.138. The average Bonchev–Trinajstić information content (AvgIpc) is 2.52. The summed E-state index contributed by atoms with van der Waals surface area (Å²) in [5, 5.41) is 11.4. The largest absolute Gasteiger partial charge is 0.481 e. The quantitative estimate of drug-likeness (QED) is 0.793. The van der Waals surface area contributed by atoms with Crippen molar-refractivity contribution in [2.45, 2.75) is 45.8 Å². The van der Waals surface area contributed by atoms with E-state index < -0.39 is 23.7 Å². The van der Waals surface area contributed by atoms with E-state index in [1.54, 1.807) is 20.8 Å². The summed E-state index contributed by atoms with van der Waals surface area (Å²) in [5.41, 5.74) is 0.241. The number of amides is 2. The van der Waals surface area contributed by atoms with E-state index in [-0.39, 0.29) is 18.9 Å². The van der Waals surface area contributed by atoms with Gasteiger partial charge in [0.1, 0.15) is 5.60 Å². The van der Waals surface area contributed by atoms with Crippen LogP contribution in [0.25, 0.3) is 0 Å². The van der Waals surface area contributed by atoms with Crippen molar-refractivity contribution < 1.29 is 24.2 Å². The number of hydrogen-bond acceptors (Lipinski definition) is 4. The molecule has 1 aliphatic heterocycles. The Morgan fingerprint density at radius 3 is 2.52 bits per heavy atom. The lowest BCUT2D eigenvalue weighted by atomic mass is 10.2. The van der Waals surface area contributed by atoms with E-state index in [4.69, 9.17) is 9.84 Å². The maximum absolute atomic E-state index is 11.7. The zero-order chi connectivity index (χ0) is 16.2. The van der Waals surface area contributed by atoms with Gasteiger partial charge in [0.2, 0.25) is 5.91 Å². The van der Waals surface area contributed by atoms with Gasteiger partial charge in [-0.05, 0) is 33.3 Å². The molecule has 0 aliphatic carbocycles. The van der Waals surface area contributed by atoms with Gasteiger partial charge in [0.15, 0.2) is 0 Å². The Labute approximate surface area is 123 Å². The number of rotatable bonds is 5. The number of nitrogens with zero attached hydrogens (tertiary/aromatic N) is 1. The van der Waals surface area contributed by atoms with Gasteiger partial charge in [-0.15, -0.1) is 0 Å². The van der Waals surface area contributed by atoms with E-state index >= 15 is 0 Å². The lowest BCUT2D eigenvalue weighted by Crippen LogP contribution is -2.47. The van der Waals surface area contributed by atoms with Crippen LogP contribution in [0.5, 0.6) is 0 Å². The Morgan fingerprint density at radius 1 is 1.48 bits per heavy atom. The van der Waals surface area contributed by atoms with Gasteiger partial charge in [-0.1, -0.05) is 0 Å². The molecule has 7 heteroatoms. The van der Waals surface area contributed by atoms with Crippen molar-refractivity contribution in [3.8, 4) is 0 Å². The Bertz CT molecular complexity index is 464. The van der Waals surface area contributed by atoms with Crippen LogP contribution in [0.4, 0.5) is 4.79 Å². The van der Waals surface area contributed by atoms with Crippen molar-refractivity contribution in [1.29, 1.82) is 0 Å². The number of carbonyl (C=O) groups excluding carboxylic acids is 2. The number of hydrogen-bond donors (Lipinski definition) is 2. The molecule has 1 atom stereocenters. The SMILES string of the molecule is CC1=CC(=O)N(C[C@H](CC(=O)O)NC(=O)OC(C)(C)C)C1. The minimum Gasteiger partial charge on any atom is -0.481 e. The van der Waals surface area contributed by atoms with Crippen LogP contribution in [-0.2, 0) is 14.3 Å². The topological polar surface area (TPSA) is 95.9 Å². The predicted molar refractivity (Wildman–Crippen MR) is 75.7 cm³/mol. The third-order valence-electron chi connectivity index (χ3n) is 2.70. The highest BCUT2D eigenvalue weighted by molar-refractivity contribution is 5.91. The van der Waals surface area contributed by atoms with Crippen LogP contribution < -0.4 is 5.32 Å². The summed E-state index contributed by atoms with van der Waals surface area (Å²) < 4.78 is 5.10. The molecule has 0 radical (unpaired) electrons. The van der Waals surface area contributed by atoms with Crippen LogP contribution in [0.3, 0.4) is 0 Å². The standard InChI is InChI=1S/C14H22N2O5/c1-9-5-11(17)16(7-9)8-10(6-12(18)19)15-13(20)21-14(2,3)4/h5,10H,6-8H2,1-4H3,(H,15,20)(H,18,19)/t10-/m0/s1. The number of carboxylic acid groups (broad SMARTS) is 1. The molecule has 0 unspecified atom stereocenters. The molecule has 0 saturated heterocycles. The molecule has 0 bridgehead atoms. The third kappa shape index (κ3) is 6.29. The maximum Gasteiger partial charge on any atom is 0.407 e. The molecule has 118 valence electrons. The number of aliphatic carboxylic acids is 1. The summed E-state index contributed by atoms with van der Waals surface area (Å²) in [4.78, 5) is 35.8. The maximum atomic E-state index is 11.7. The molecule has 0 saturated carbocycles. The summed E-state index contributed by atoms with van der Waals surface area (Å²) in [6.45, 7) is 7.57. The predicted octanol–water partition coefficient (Wildman–Crippen LogP) is 1.14. The van der Waals surface area contributed by atoms with Crippen LogP contribution in [0.2, 0.25) is 0 Å². The molecule has 7 nitrogen and oxygen atoms in total. The fourth-order valence-electron chi connectivity index (χ4n) is 1.99. The Morgan fingerprint density at radius 2 is 2.10 bits per heavy atom. The molecule has 21 heavy (non-hydrogen) atoms. The van der Waals surface area contributed by atoms with Crippen molar-refractivity contribution in [2.75, 3.05) is 13.1 Å². The number of carboxylic acids is 1. The van der Waals surface area contributed by atoms with Crippen LogP contribution in [0, 0.1) is 0 Å². The summed E-state index contributed by atoms with van der Waals surface area (Å²) in [6.07, 6.45) is 0.540. The first-order valence-electron chi connectivity index (χ1n) is 6.74. The summed E-state index contributed by atoms with van der Waals surface area (Å²) in [6, 6.07) is -0.694. The van der Waals surface area contributed by atoms with Crippen molar-refractivity contribution >= 4 is 18.0 Å². The second kappa shape index (κ2) is 6.60. The molecule has 0 aromatic heterocycles. The summed E-state index contributed by atoms with van der Waals surface area (Å²) >= 11 is 0. The summed E-state index contributed by atoms with van der Waals surface area (Å²) in [5.74, 6) is -1.22.